The third kappa shape index (κ3) is 3.20. The molecule has 0 saturated carbocycles. The summed E-state index contributed by atoms with van der Waals surface area (Å²) in [4.78, 5) is 13.8. The second-order valence-electron chi connectivity index (χ2n) is 3.97. The van der Waals surface area contributed by atoms with E-state index in [1.165, 1.54) is 0 Å². The van der Waals surface area contributed by atoms with Crippen LogP contribution in [0.25, 0.3) is 0 Å². The monoisotopic (exact) mass is 237 g/mol. The largest absolute Gasteiger partial charge is 0.508 e. The highest BCUT2D eigenvalue weighted by atomic mass is 16.3. The predicted molar refractivity (Wildman–Crippen MR) is 66.1 cm³/mol. The van der Waals surface area contributed by atoms with Gasteiger partial charge in [0.2, 0.25) is 0 Å². The van der Waals surface area contributed by atoms with Crippen molar-refractivity contribution >= 4 is 5.91 Å². The molecule has 0 aliphatic carbocycles. The first-order valence-corrected chi connectivity index (χ1v) is 5.80. The Bertz CT molecular complexity index is 384. The van der Waals surface area contributed by atoms with E-state index in [1.54, 1.807) is 30.0 Å². The first-order chi connectivity index (χ1) is 8.11. The van der Waals surface area contributed by atoms with Gasteiger partial charge >= 0.3 is 0 Å². The van der Waals surface area contributed by atoms with E-state index < -0.39 is 0 Å². The molecule has 1 aromatic rings. The molecular formula is C13H19NO3. The number of nitrogens with zero attached hydrogens (tertiary/aromatic N) is 1. The first-order valence-electron chi connectivity index (χ1n) is 5.80. The molecule has 0 bridgehead atoms. The fraction of sp³-hybridized carbons (Fsp3) is 0.462. The van der Waals surface area contributed by atoms with Gasteiger partial charge in [0.05, 0.1) is 6.61 Å². The lowest BCUT2D eigenvalue weighted by Gasteiger charge is -2.22. The number of phenols is 1. The van der Waals surface area contributed by atoms with Crippen LogP contribution >= 0.6 is 0 Å². The van der Waals surface area contributed by atoms with Crippen LogP contribution < -0.4 is 0 Å². The van der Waals surface area contributed by atoms with Crippen molar-refractivity contribution in [3.05, 3.63) is 29.3 Å². The standard InChI is InChI=1S/C13H19NO3/c1-3-7-14(8-9-15)13(17)11-5-4-6-12(16)10(11)2/h4-6,15-16H,3,7-9H2,1-2H3. The average Bonchev–Trinajstić information content (AvgIpc) is 2.31. The second-order valence-corrected chi connectivity index (χ2v) is 3.97. The lowest BCUT2D eigenvalue weighted by molar-refractivity contribution is 0.0721. The van der Waals surface area contributed by atoms with E-state index in [4.69, 9.17) is 5.11 Å². The number of aromatic hydroxyl groups is 1. The van der Waals surface area contributed by atoms with Gasteiger partial charge in [-0.25, -0.2) is 0 Å². The molecule has 0 aliphatic heterocycles. The summed E-state index contributed by atoms with van der Waals surface area (Å²) >= 11 is 0. The van der Waals surface area contributed by atoms with Crippen LogP contribution in [-0.4, -0.2) is 40.7 Å². The molecule has 0 heterocycles. The molecule has 0 unspecified atom stereocenters. The maximum absolute atomic E-state index is 12.2. The van der Waals surface area contributed by atoms with E-state index >= 15 is 0 Å². The minimum atomic E-state index is -0.144. The number of hydrogen-bond donors (Lipinski definition) is 2. The summed E-state index contributed by atoms with van der Waals surface area (Å²) in [6.07, 6.45) is 0.837. The van der Waals surface area contributed by atoms with Crippen LogP contribution in [0, 0.1) is 6.92 Å². The molecular weight excluding hydrogens is 218 g/mol. The van der Waals surface area contributed by atoms with Crippen molar-refractivity contribution < 1.29 is 15.0 Å². The van der Waals surface area contributed by atoms with Crippen molar-refractivity contribution in [2.45, 2.75) is 20.3 Å². The Morgan fingerprint density at radius 3 is 2.65 bits per heavy atom. The molecule has 1 rings (SSSR count). The summed E-state index contributed by atoms with van der Waals surface area (Å²) in [6.45, 7) is 4.57. The third-order valence-corrected chi connectivity index (χ3v) is 2.69. The molecule has 1 amide bonds. The Kier molecular flexibility index (Phi) is 4.97. The first kappa shape index (κ1) is 13.5. The molecule has 17 heavy (non-hydrogen) atoms. The second kappa shape index (κ2) is 6.25. The molecule has 0 saturated heterocycles. The molecule has 94 valence electrons. The van der Waals surface area contributed by atoms with E-state index in [0.717, 1.165) is 6.42 Å². The highest BCUT2D eigenvalue weighted by molar-refractivity contribution is 5.96. The Labute approximate surface area is 101 Å². The molecule has 1 aromatic carbocycles. The lowest BCUT2D eigenvalue weighted by Crippen LogP contribution is -2.34. The van der Waals surface area contributed by atoms with E-state index in [-0.39, 0.29) is 18.3 Å². The quantitative estimate of drug-likeness (QED) is 0.816. The molecule has 0 spiro atoms. The highest BCUT2D eigenvalue weighted by Crippen LogP contribution is 2.20. The minimum absolute atomic E-state index is 0.0520. The summed E-state index contributed by atoms with van der Waals surface area (Å²) < 4.78 is 0. The van der Waals surface area contributed by atoms with Gasteiger partial charge in [0.25, 0.3) is 5.91 Å². The van der Waals surface area contributed by atoms with Crippen LogP contribution in [0.4, 0.5) is 0 Å². The summed E-state index contributed by atoms with van der Waals surface area (Å²) in [6, 6.07) is 4.90. The van der Waals surface area contributed by atoms with Crippen molar-refractivity contribution in [2.24, 2.45) is 0 Å². The van der Waals surface area contributed by atoms with Crippen molar-refractivity contribution in [3.63, 3.8) is 0 Å². The maximum atomic E-state index is 12.2. The Hall–Kier alpha value is -1.55. The Morgan fingerprint density at radius 2 is 2.06 bits per heavy atom. The van der Waals surface area contributed by atoms with Crippen LogP contribution in [-0.2, 0) is 0 Å². The molecule has 4 nitrogen and oxygen atoms in total. The number of aliphatic hydroxyl groups is 1. The number of hydrogen-bond acceptors (Lipinski definition) is 3. The number of carbonyl (C=O) groups is 1. The fourth-order valence-electron chi connectivity index (χ4n) is 1.73. The van der Waals surface area contributed by atoms with Gasteiger partial charge in [-0.2, -0.15) is 0 Å². The van der Waals surface area contributed by atoms with E-state index in [2.05, 4.69) is 0 Å². The van der Waals surface area contributed by atoms with Crippen LogP contribution in [0.3, 0.4) is 0 Å². The molecule has 0 aliphatic rings. The topological polar surface area (TPSA) is 60.8 Å². The number of benzene rings is 1. The maximum Gasteiger partial charge on any atom is 0.254 e. The third-order valence-electron chi connectivity index (χ3n) is 2.69. The molecule has 2 N–H and O–H groups in total. The van der Waals surface area contributed by atoms with E-state index in [0.29, 0.717) is 24.2 Å². The molecule has 0 aromatic heterocycles. The van der Waals surface area contributed by atoms with Gasteiger partial charge in [-0.05, 0) is 25.5 Å². The smallest absolute Gasteiger partial charge is 0.254 e. The highest BCUT2D eigenvalue weighted by Gasteiger charge is 2.17. The SMILES string of the molecule is CCCN(CCO)C(=O)c1cccc(O)c1C. The summed E-state index contributed by atoms with van der Waals surface area (Å²) in [7, 11) is 0. The van der Waals surface area contributed by atoms with Gasteiger partial charge in [0, 0.05) is 24.2 Å². The number of aliphatic hydroxyl groups excluding tert-OH is 1. The van der Waals surface area contributed by atoms with Crippen molar-refractivity contribution in [3.8, 4) is 5.75 Å². The van der Waals surface area contributed by atoms with Crippen LogP contribution in [0.1, 0.15) is 29.3 Å². The zero-order valence-corrected chi connectivity index (χ0v) is 10.3. The van der Waals surface area contributed by atoms with Gasteiger partial charge < -0.3 is 15.1 Å². The van der Waals surface area contributed by atoms with Crippen molar-refractivity contribution in [2.75, 3.05) is 19.7 Å². The van der Waals surface area contributed by atoms with E-state index in [9.17, 15) is 9.90 Å². The number of amides is 1. The molecule has 0 radical (unpaired) electrons. The van der Waals surface area contributed by atoms with Gasteiger partial charge in [-0.1, -0.05) is 13.0 Å². The summed E-state index contributed by atoms with van der Waals surface area (Å²) in [5.41, 5.74) is 1.07. The average molecular weight is 237 g/mol. The minimum Gasteiger partial charge on any atom is -0.508 e. The molecule has 0 atom stereocenters. The number of carbonyl (C=O) groups excluding carboxylic acids is 1. The normalized spacial score (nSPS) is 10.3. The van der Waals surface area contributed by atoms with Crippen molar-refractivity contribution in [1.29, 1.82) is 0 Å². The van der Waals surface area contributed by atoms with Gasteiger partial charge in [-0.3, -0.25) is 4.79 Å². The van der Waals surface area contributed by atoms with Gasteiger partial charge in [0.15, 0.2) is 0 Å². The Morgan fingerprint density at radius 1 is 1.35 bits per heavy atom. The fourth-order valence-corrected chi connectivity index (χ4v) is 1.73. The summed E-state index contributed by atoms with van der Waals surface area (Å²) in [5.74, 6) is -0.0226. The number of rotatable bonds is 5. The Balaban J connectivity index is 2.96. The van der Waals surface area contributed by atoms with E-state index in [1.807, 2.05) is 6.92 Å². The van der Waals surface area contributed by atoms with Gasteiger partial charge in [0.1, 0.15) is 5.75 Å². The summed E-state index contributed by atoms with van der Waals surface area (Å²) in [5, 5.41) is 18.5. The van der Waals surface area contributed by atoms with Crippen LogP contribution in [0.2, 0.25) is 0 Å². The van der Waals surface area contributed by atoms with Crippen molar-refractivity contribution in [1.82, 2.24) is 4.90 Å². The van der Waals surface area contributed by atoms with Crippen LogP contribution in [0.15, 0.2) is 18.2 Å². The predicted octanol–water partition coefficient (Wildman–Crippen LogP) is 1.55. The molecule has 0 fully saturated rings. The number of phenolic OH excluding ortho intramolecular Hbond substituents is 1. The van der Waals surface area contributed by atoms with Gasteiger partial charge in [-0.15, -0.1) is 0 Å². The lowest BCUT2D eigenvalue weighted by atomic mass is 10.1. The van der Waals surface area contributed by atoms with Crippen LogP contribution in [0.5, 0.6) is 5.75 Å². The molecule has 4 heteroatoms. The zero-order valence-electron chi connectivity index (χ0n) is 10.3. The zero-order chi connectivity index (χ0) is 12.8.